The van der Waals surface area contributed by atoms with Crippen molar-refractivity contribution in [3.05, 3.63) is 47.0 Å². The number of aromatic nitrogens is 1. The minimum absolute atomic E-state index is 0.0857. The number of nitrogens with one attached hydrogen (secondary N) is 1. The van der Waals surface area contributed by atoms with Crippen molar-refractivity contribution in [2.75, 3.05) is 38.5 Å². The average molecular weight is 345 g/mol. The zero-order valence-electron chi connectivity index (χ0n) is 13.6. The smallest absolute Gasteiger partial charge is 0.234 e. The van der Waals surface area contributed by atoms with Gasteiger partial charge in [-0.1, -0.05) is 30.3 Å². The lowest BCUT2D eigenvalue weighted by Gasteiger charge is -2.33. The van der Waals surface area contributed by atoms with E-state index in [1.807, 2.05) is 36.5 Å². The molecule has 128 valence electrons. The number of amides is 1. The van der Waals surface area contributed by atoms with Crippen LogP contribution in [-0.2, 0) is 17.9 Å². The van der Waals surface area contributed by atoms with E-state index in [0.29, 0.717) is 18.2 Å². The predicted octanol–water partition coefficient (Wildman–Crippen LogP) is 1.16. The van der Waals surface area contributed by atoms with E-state index in [4.69, 9.17) is 5.73 Å². The first kappa shape index (κ1) is 16.9. The lowest BCUT2D eigenvalue weighted by molar-refractivity contribution is -0.122. The molecule has 1 aromatic heterocycles. The second kappa shape index (κ2) is 8.23. The summed E-state index contributed by atoms with van der Waals surface area (Å²) in [4.78, 5) is 21.9. The van der Waals surface area contributed by atoms with Crippen molar-refractivity contribution >= 4 is 22.4 Å². The van der Waals surface area contributed by atoms with Gasteiger partial charge >= 0.3 is 0 Å². The van der Waals surface area contributed by atoms with Gasteiger partial charge in [-0.05, 0) is 5.56 Å². The van der Waals surface area contributed by atoms with Crippen LogP contribution in [0.3, 0.4) is 0 Å². The quantitative estimate of drug-likeness (QED) is 0.822. The lowest BCUT2D eigenvalue weighted by Crippen LogP contribution is -2.48. The SMILES string of the molecule is Nc1ncc(CN2CCN(CC(=O)NCc3ccccc3)CC2)s1. The Balaban J connectivity index is 1.36. The Morgan fingerprint density at radius 2 is 1.88 bits per heavy atom. The Bertz CT molecular complexity index is 652. The van der Waals surface area contributed by atoms with Crippen molar-refractivity contribution in [2.24, 2.45) is 0 Å². The number of anilines is 1. The van der Waals surface area contributed by atoms with E-state index in [0.717, 1.165) is 38.3 Å². The third-order valence-electron chi connectivity index (χ3n) is 4.12. The lowest BCUT2D eigenvalue weighted by atomic mass is 10.2. The van der Waals surface area contributed by atoms with Crippen molar-refractivity contribution in [3.8, 4) is 0 Å². The molecule has 6 nitrogen and oxygen atoms in total. The number of nitrogen functional groups attached to an aromatic ring is 1. The molecule has 0 radical (unpaired) electrons. The Morgan fingerprint density at radius 3 is 2.54 bits per heavy atom. The van der Waals surface area contributed by atoms with E-state index < -0.39 is 0 Å². The van der Waals surface area contributed by atoms with Crippen LogP contribution in [0.1, 0.15) is 10.4 Å². The molecule has 1 aliphatic heterocycles. The molecule has 1 aromatic carbocycles. The van der Waals surface area contributed by atoms with Crippen LogP contribution in [-0.4, -0.2) is 53.4 Å². The molecule has 1 saturated heterocycles. The highest BCUT2D eigenvalue weighted by molar-refractivity contribution is 7.15. The van der Waals surface area contributed by atoms with Crippen LogP contribution >= 0.6 is 11.3 Å². The number of thiazole rings is 1. The van der Waals surface area contributed by atoms with E-state index in [9.17, 15) is 4.79 Å². The number of carbonyl (C=O) groups is 1. The Hall–Kier alpha value is -1.96. The first-order valence-electron chi connectivity index (χ1n) is 8.14. The largest absolute Gasteiger partial charge is 0.375 e. The first-order chi connectivity index (χ1) is 11.7. The van der Waals surface area contributed by atoms with Crippen LogP contribution in [0, 0.1) is 0 Å². The van der Waals surface area contributed by atoms with Gasteiger partial charge in [0.2, 0.25) is 5.91 Å². The van der Waals surface area contributed by atoms with E-state index in [1.165, 1.54) is 4.88 Å². The molecule has 0 unspecified atom stereocenters. The number of carbonyl (C=O) groups excluding carboxylic acids is 1. The van der Waals surface area contributed by atoms with Crippen LogP contribution in [0.5, 0.6) is 0 Å². The fourth-order valence-corrected chi connectivity index (χ4v) is 3.50. The van der Waals surface area contributed by atoms with Gasteiger partial charge < -0.3 is 11.1 Å². The Morgan fingerprint density at radius 1 is 1.17 bits per heavy atom. The van der Waals surface area contributed by atoms with E-state index >= 15 is 0 Å². The second-order valence-corrected chi connectivity index (χ2v) is 7.13. The minimum Gasteiger partial charge on any atom is -0.375 e. The van der Waals surface area contributed by atoms with E-state index in [2.05, 4.69) is 20.1 Å². The normalized spacial score (nSPS) is 16.2. The first-order valence-corrected chi connectivity index (χ1v) is 8.96. The molecule has 3 rings (SSSR count). The molecular weight excluding hydrogens is 322 g/mol. The van der Waals surface area contributed by atoms with Gasteiger partial charge in [-0.3, -0.25) is 14.6 Å². The zero-order chi connectivity index (χ0) is 16.8. The number of rotatable bonds is 6. The minimum atomic E-state index is 0.0857. The highest BCUT2D eigenvalue weighted by Crippen LogP contribution is 2.17. The van der Waals surface area contributed by atoms with Crippen LogP contribution in [0.2, 0.25) is 0 Å². The number of hydrogen-bond donors (Lipinski definition) is 2. The molecule has 2 heterocycles. The molecule has 7 heteroatoms. The Kier molecular flexibility index (Phi) is 5.79. The summed E-state index contributed by atoms with van der Waals surface area (Å²) >= 11 is 1.54. The van der Waals surface area contributed by atoms with Crippen molar-refractivity contribution in [2.45, 2.75) is 13.1 Å². The van der Waals surface area contributed by atoms with Crippen LogP contribution in [0.25, 0.3) is 0 Å². The fourth-order valence-electron chi connectivity index (χ4n) is 2.78. The molecule has 24 heavy (non-hydrogen) atoms. The van der Waals surface area contributed by atoms with Gasteiger partial charge in [-0.25, -0.2) is 4.98 Å². The summed E-state index contributed by atoms with van der Waals surface area (Å²) in [5, 5.41) is 3.61. The van der Waals surface area contributed by atoms with Crippen molar-refractivity contribution in [1.29, 1.82) is 0 Å². The van der Waals surface area contributed by atoms with Crippen molar-refractivity contribution < 1.29 is 4.79 Å². The molecule has 0 saturated carbocycles. The highest BCUT2D eigenvalue weighted by atomic mass is 32.1. The molecule has 1 amide bonds. The van der Waals surface area contributed by atoms with E-state index in [-0.39, 0.29) is 5.91 Å². The highest BCUT2D eigenvalue weighted by Gasteiger charge is 2.19. The van der Waals surface area contributed by atoms with Gasteiger partial charge in [-0.15, -0.1) is 11.3 Å². The monoisotopic (exact) mass is 345 g/mol. The number of piperazine rings is 1. The maximum absolute atomic E-state index is 12.1. The third kappa shape index (κ3) is 5.02. The predicted molar refractivity (Wildman–Crippen MR) is 96.5 cm³/mol. The summed E-state index contributed by atoms with van der Waals surface area (Å²) in [6.07, 6.45) is 1.85. The summed E-state index contributed by atoms with van der Waals surface area (Å²) in [5.41, 5.74) is 6.79. The van der Waals surface area contributed by atoms with Gasteiger partial charge in [0.25, 0.3) is 0 Å². The summed E-state index contributed by atoms with van der Waals surface area (Å²) in [6, 6.07) is 9.98. The molecule has 0 aliphatic carbocycles. The van der Waals surface area contributed by atoms with Gasteiger partial charge in [0.1, 0.15) is 0 Å². The topological polar surface area (TPSA) is 74.5 Å². The average Bonchev–Trinajstić information content (AvgIpc) is 3.01. The standard InChI is InChI=1S/C17H23N5OS/c18-17-20-11-15(24-17)12-21-6-8-22(9-7-21)13-16(23)19-10-14-4-2-1-3-5-14/h1-5,11H,6-10,12-13H2,(H2,18,20)(H,19,23). The molecule has 0 bridgehead atoms. The summed E-state index contributed by atoms with van der Waals surface area (Å²) in [5.74, 6) is 0.0857. The molecule has 1 aliphatic rings. The molecule has 3 N–H and O–H groups in total. The van der Waals surface area contributed by atoms with Crippen LogP contribution in [0.15, 0.2) is 36.5 Å². The summed E-state index contributed by atoms with van der Waals surface area (Å²) < 4.78 is 0. The Labute approximate surface area is 146 Å². The zero-order valence-corrected chi connectivity index (χ0v) is 14.5. The maximum atomic E-state index is 12.1. The summed E-state index contributed by atoms with van der Waals surface area (Å²) in [7, 11) is 0. The van der Waals surface area contributed by atoms with Crippen molar-refractivity contribution in [3.63, 3.8) is 0 Å². The maximum Gasteiger partial charge on any atom is 0.234 e. The van der Waals surface area contributed by atoms with Gasteiger partial charge in [0.05, 0.1) is 6.54 Å². The summed E-state index contributed by atoms with van der Waals surface area (Å²) in [6.45, 7) is 5.69. The van der Waals surface area contributed by atoms with Crippen LogP contribution < -0.4 is 11.1 Å². The fraction of sp³-hybridized carbons (Fsp3) is 0.412. The van der Waals surface area contributed by atoms with Gasteiger partial charge in [-0.2, -0.15) is 0 Å². The van der Waals surface area contributed by atoms with Gasteiger partial charge in [0, 0.05) is 50.3 Å². The second-order valence-electron chi connectivity index (χ2n) is 5.98. The number of nitrogens with zero attached hydrogens (tertiary/aromatic N) is 3. The molecule has 0 atom stereocenters. The van der Waals surface area contributed by atoms with Gasteiger partial charge in [0.15, 0.2) is 5.13 Å². The molecule has 0 spiro atoms. The third-order valence-corrected chi connectivity index (χ3v) is 4.93. The molecule has 1 fully saturated rings. The number of benzene rings is 1. The number of nitrogens with two attached hydrogens (primary N) is 1. The molecular formula is C17H23N5OS. The number of hydrogen-bond acceptors (Lipinski definition) is 6. The van der Waals surface area contributed by atoms with Crippen molar-refractivity contribution in [1.82, 2.24) is 20.1 Å². The molecule has 2 aromatic rings. The van der Waals surface area contributed by atoms with E-state index in [1.54, 1.807) is 11.3 Å². The van der Waals surface area contributed by atoms with Crippen LogP contribution in [0.4, 0.5) is 5.13 Å².